The molecule has 0 unspecified atom stereocenters. The molecule has 51 heavy (non-hydrogen) atoms. The lowest BCUT2D eigenvalue weighted by Gasteiger charge is -2.26. The van der Waals surface area contributed by atoms with Gasteiger partial charge in [0.05, 0.1) is 23.3 Å². The third kappa shape index (κ3) is 5.86. The van der Waals surface area contributed by atoms with Crippen LogP contribution in [-0.4, -0.2) is 0 Å². The molecule has 0 radical (unpaired) electrons. The van der Waals surface area contributed by atoms with Crippen LogP contribution in [0.5, 0.6) is 0 Å². The number of hydrogen-bond acceptors (Lipinski definition) is 1. The largest absolute Gasteiger partial charge is 0.311 e. The summed E-state index contributed by atoms with van der Waals surface area (Å²) in [6.07, 6.45) is 0. The second-order valence-corrected chi connectivity index (χ2v) is 11.6. The summed E-state index contributed by atoms with van der Waals surface area (Å²) in [6.45, 7) is 0. The Bertz CT molecular complexity index is 3490. The van der Waals surface area contributed by atoms with Gasteiger partial charge in [-0.25, -0.2) is 0 Å². The van der Waals surface area contributed by atoms with Crippen LogP contribution in [0.2, 0.25) is 0 Å². The molecule has 9 aromatic carbocycles. The fraction of sp³-hybridized carbons (Fsp3) is 0. The normalized spacial score (nSPS) is 15.8. The van der Waals surface area contributed by atoms with E-state index in [1.54, 1.807) is 42.5 Å². The van der Waals surface area contributed by atoms with E-state index in [2.05, 4.69) is 0 Å². The number of nitrogens with zero attached hydrogens (tertiary/aromatic N) is 1. The molecule has 0 amide bonds. The number of rotatable bonds is 7. The second kappa shape index (κ2) is 13.3. The summed E-state index contributed by atoms with van der Waals surface area (Å²) in [7, 11) is 0. The van der Waals surface area contributed by atoms with Gasteiger partial charge in [0.25, 0.3) is 0 Å². The minimum absolute atomic E-state index is 0.128. The maximum atomic E-state index is 9.68. The highest BCUT2D eigenvalue weighted by molar-refractivity contribution is 6.04. The second-order valence-electron chi connectivity index (χ2n) is 11.6. The molecule has 240 valence electrons. The monoisotopic (exact) mass is 666 g/mol. The summed E-state index contributed by atoms with van der Waals surface area (Å²) in [5.74, 6) is 0. The van der Waals surface area contributed by atoms with Gasteiger partial charge in [0.15, 0.2) is 0 Å². The number of fused-ring (bicyclic) bond motifs is 2. The molecule has 0 fully saturated rings. The van der Waals surface area contributed by atoms with Gasteiger partial charge in [-0.1, -0.05) is 176 Å². The van der Waals surface area contributed by atoms with Crippen LogP contribution < -0.4 is 4.90 Å². The van der Waals surface area contributed by atoms with Crippen LogP contribution >= 0.6 is 0 Å². The summed E-state index contributed by atoms with van der Waals surface area (Å²) in [5, 5.41) is 2.92. The Hall–Kier alpha value is -6.70. The van der Waals surface area contributed by atoms with Gasteiger partial charge in [-0.3, -0.25) is 0 Å². The molecule has 0 aliphatic heterocycles. The van der Waals surface area contributed by atoms with Gasteiger partial charge in [0.2, 0.25) is 0 Å². The molecule has 0 spiro atoms. The van der Waals surface area contributed by atoms with Gasteiger partial charge in [0, 0.05) is 17.1 Å². The third-order valence-corrected chi connectivity index (χ3v) is 8.58. The van der Waals surface area contributed by atoms with E-state index in [0.29, 0.717) is 32.5 Å². The van der Waals surface area contributed by atoms with E-state index in [1.165, 1.54) is 0 Å². The predicted octanol–water partition coefficient (Wildman–Crippen LogP) is 14.1. The van der Waals surface area contributed by atoms with E-state index in [4.69, 9.17) is 6.85 Å². The first-order valence-electron chi connectivity index (χ1n) is 24.6. The molecular weight excluding hydrogens is 615 g/mol. The van der Waals surface area contributed by atoms with Crippen LogP contribution in [0.4, 0.5) is 17.1 Å². The van der Waals surface area contributed by atoms with Crippen LogP contribution in [0.3, 0.4) is 0 Å². The van der Waals surface area contributed by atoms with Crippen molar-refractivity contribution >= 4 is 38.6 Å². The van der Waals surface area contributed by atoms with Gasteiger partial charge < -0.3 is 4.90 Å². The highest BCUT2D eigenvalue weighted by atomic mass is 15.1. The Balaban J connectivity index is 1.40. The smallest absolute Gasteiger partial charge is 0.0645 e. The molecule has 0 saturated carbocycles. The minimum Gasteiger partial charge on any atom is -0.311 e. The Morgan fingerprint density at radius 3 is 1.45 bits per heavy atom. The molecule has 0 bridgehead atoms. The van der Waals surface area contributed by atoms with Crippen LogP contribution in [-0.2, 0) is 0 Å². The van der Waals surface area contributed by atoms with Crippen molar-refractivity contribution in [3.8, 4) is 44.5 Å². The Labute approximate surface area is 323 Å². The molecular formula is C50H35N. The molecule has 1 heteroatoms. The van der Waals surface area contributed by atoms with Crippen molar-refractivity contribution in [2.45, 2.75) is 0 Å². The first-order valence-corrected chi connectivity index (χ1v) is 16.1. The summed E-state index contributed by atoms with van der Waals surface area (Å²) in [6, 6.07) is 18.9. The van der Waals surface area contributed by atoms with E-state index >= 15 is 0 Å². The quantitative estimate of drug-likeness (QED) is 0.164. The molecule has 0 saturated heterocycles. The van der Waals surface area contributed by atoms with Gasteiger partial charge in [-0.2, -0.15) is 0 Å². The summed E-state index contributed by atoms with van der Waals surface area (Å²) in [5.41, 5.74) is -1.93. The Morgan fingerprint density at radius 2 is 0.804 bits per heavy atom. The molecule has 1 nitrogen and oxygen atoms in total. The van der Waals surface area contributed by atoms with Crippen molar-refractivity contribution in [1.82, 2.24) is 0 Å². The molecule has 9 rings (SSSR count). The summed E-state index contributed by atoms with van der Waals surface area (Å²) in [4.78, 5) is 0.684. The van der Waals surface area contributed by atoms with Gasteiger partial charge >= 0.3 is 0 Å². The lowest BCUT2D eigenvalue weighted by atomic mass is 9.90. The molecule has 0 atom stereocenters. The van der Waals surface area contributed by atoms with Gasteiger partial charge in [-0.05, 0) is 102 Å². The van der Waals surface area contributed by atoms with Crippen molar-refractivity contribution in [2.75, 3.05) is 4.90 Å². The molecule has 0 heterocycles. The highest BCUT2D eigenvalue weighted by Gasteiger charge is 2.16. The Kier molecular flexibility index (Phi) is 4.51. The molecule has 0 N–H and O–H groups in total. The maximum Gasteiger partial charge on any atom is 0.0645 e. The van der Waals surface area contributed by atoms with E-state index < -0.39 is 131 Å². The number of benzene rings is 9. The first kappa shape index (κ1) is 17.3. The predicted molar refractivity (Wildman–Crippen MR) is 218 cm³/mol. The van der Waals surface area contributed by atoms with Crippen molar-refractivity contribution in [2.24, 2.45) is 0 Å². The standard InChI is InChI=1S/C50H35N/c1-3-12-36(13-4-1)37-22-29-43(30-23-37)51(44-31-24-40(25-32-44)47-21-11-18-38-14-7-9-19-46(38)47)45-33-26-41(27-34-45)49-35-28-39-15-8-10-20-48(39)50(49)42-16-5-2-6-17-42/h1-35H/i1D,3D,4D,12D,13D,22D,23D,24D,25D,26D,27D,29D,30D,31D,32D,33D,34D. The number of anilines is 3. The summed E-state index contributed by atoms with van der Waals surface area (Å²) >= 11 is 0. The topological polar surface area (TPSA) is 3.24 Å². The van der Waals surface area contributed by atoms with E-state index in [9.17, 15) is 16.4 Å². The molecule has 0 aromatic heterocycles. The lowest BCUT2D eigenvalue weighted by Crippen LogP contribution is -2.09. The SMILES string of the molecule is [2H]c1c([2H])c([2H])c(-c2c([2H])c([2H])c(N(c3c([2H])c([2H])c(-c4ccc5ccccc5c4-c4ccccc4)c([2H])c3[2H])c3c([2H])c([2H])c(-c4cccc5ccccc45)c([2H])c3[2H])c([2H])c2[2H])c([2H])c1[2H]. The first-order chi connectivity index (χ1) is 32.4. The lowest BCUT2D eigenvalue weighted by molar-refractivity contribution is 1.28. The zero-order chi connectivity index (χ0) is 48.8. The molecule has 0 aliphatic rings. The van der Waals surface area contributed by atoms with Crippen molar-refractivity contribution in [3.05, 3.63) is 212 Å². The van der Waals surface area contributed by atoms with E-state index in [1.807, 2.05) is 66.7 Å². The zero-order valence-electron chi connectivity index (χ0n) is 43.8. The average molecular weight is 667 g/mol. The third-order valence-electron chi connectivity index (χ3n) is 8.58. The van der Waals surface area contributed by atoms with Crippen LogP contribution in [0.1, 0.15) is 23.3 Å². The van der Waals surface area contributed by atoms with Crippen LogP contribution in [0.15, 0.2) is 212 Å². The fourth-order valence-corrected chi connectivity index (χ4v) is 6.20. The van der Waals surface area contributed by atoms with E-state index in [-0.39, 0.29) is 11.1 Å². The number of hydrogen-bond donors (Lipinski definition) is 0. The van der Waals surface area contributed by atoms with Gasteiger partial charge in [0.1, 0.15) is 0 Å². The highest BCUT2D eigenvalue weighted by Crippen LogP contribution is 2.41. The minimum atomic E-state index is -0.982. The van der Waals surface area contributed by atoms with Gasteiger partial charge in [-0.15, -0.1) is 0 Å². The van der Waals surface area contributed by atoms with E-state index in [0.717, 1.165) is 16.2 Å². The van der Waals surface area contributed by atoms with Crippen LogP contribution in [0, 0.1) is 0 Å². The van der Waals surface area contributed by atoms with Crippen molar-refractivity contribution < 1.29 is 23.3 Å². The Morgan fingerprint density at radius 1 is 0.314 bits per heavy atom. The zero-order valence-corrected chi connectivity index (χ0v) is 26.8. The fourth-order valence-electron chi connectivity index (χ4n) is 6.20. The maximum absolute atomic E-state index is 9.68. The van der Waals surface area contributed by atoms with Crippen molar-refractivity contribution in [3.63, 3.8) is 0 Å². The van der Waals surface area contributed by atoms with Crippen molar-refractivity contribution in [1.29, 1.82) is 0 Å². The van der Waals surface area contributed by atoms with Crippen LogP contribution in [0.25, 0.3) is 66.1 Å². The average Bonchev–Trinajstić information content (AvgIpc) is 3.34. The molecule has 9 aromatic rings. The molecule has 0 aliphatic carbocycles. The summed E-state index contributed by atoms with van der Waals surface area (Å²) < 4.78 is 156.